The number of allylic oxidation sites excluding steroid dienone is 1. The number of nitrogens with one attached hydrogen (secondary N) is 1. The number of benzene rings is 1. The van der Waals surface area contributed by atoms with Crippen molar-refractivity contribution in [3.05, 3.63) is 42.5 Å². The van der Waals surface area contributed by atoms with E-state index >= 15 is 0 Å². The van der Waals surface area contributed by atoms with Gasteiger partial charge in [0.2, 0.25) is 10.0 Å². The van der Waals surface area contributed by atoms with Crippen LogP contribution in [-0.2, 0) is 16.4 Å². The van der Waals surface area contributed by atoms with Gasteiger partial charge in [-0.1, -0.05) is 24.3 Å². The summed E-state index contributed by atoms with van der Waals surface area (Å²) >= 11 is 0. The molecule has 1 aromatic carbocycles. The molecule has 0 saturated heterocycles. The normalized spacial score (nSPS) is 10.9. The SMILES string of the molecule is C=CCc1ccccc1NS(C)(=O)=O. The summed E-state index contributed by atoms with van der Waals surface area (Å²) in [5.41, 5.74) is 1.54. The van der Waals surface area contributed by atoms with Crippen molar-refractivity contribution < 1.29 is 8.42 Å². The van der Waals surface area contributed by atoms with Gasteiger partial charge in [0, 0.05) is 0 Å². The van der Waals surface area contributed by atoms with Crippen molar-refractivity contribution in [1.29, 1.82) is 0 Å². The number of anilines is 1. The van der Waals surface area contributed by atoms with Crippen LogP contribution in [0.2, 0.25) is 0 Å². The molecule has 0 aliphatic heterocycles. The molecule has 1 N–H and O–H groups in total. The highest BCUT2D eigenvalue weighted by Gasteiger charge is 2.04. The van der Waals surface area contributed by atoms with Crippen LogP contribution in [0.3, 0.4) is 0 Å². The van der Waals surface area contributed by atoms with Crippen LogP contribution in [0.1, 0.15) is 5.56 Å². The van der Waals surface area contributed by atoms with E-state index < -0.39 is 10.0 Å². The zero-order chi connectivity index (χ0) is 10.6. The molecule has 0 unspecified atom stereocenters. The predicted molar refractivity (Wildman–Crippen MR) is 58.8 cm³/mol. The molecule has 1 aromatic rings. The van der Waals surface area contributed by atoms with Crippen molar-refractivity contribution in [1.82, 2.24) is 0 Å². The number of hydrogen-bond donors (Lipinski definition) is 1. The van der Waals surface area contributed by atoms with Crippen LogP contribution in [0, 0.1) is 0 Å². The maximum Gasteiger partial charge on any atom is 0.229 e. The van der Waals surface area contributed by atoms with E-state index in [9.17, 15) is 8.42 Å². The van der Waals surface area contributed by atoms with Gasteiger partial charge in [-0.2, -0.15) is 0 Å². The Hall–Kier alpha value is -1.29. The number of para-hydroxylation sites is 1. The van der Waals surface area contributed by atoms with Crippen LogP contribution >= 0.6 is 0 Å². The summed E-state index contributed by atoms with van der Waals surface area (Å²) in [6, 6.07) is 7.27. The van der Waals surface area contributed by atoms with Gasteiger partial charge in [-0.3, -0.25) is 4.72 Å². The van der Waals surface area contributed by atoms with Crippen molar-refractivity contribution in [2.75, 3.05) is 11.0 Å². The fraction of sp³-hybridized carbons (Fsp3) is 0.200. The first-order valence-electron chi connectivity index (χ1n) is 4.19. The van der Waals surface area contributed by atoms with Gasteiger partial charge in [0.25, 0.3) is 0 Å². The van der Waals surface area contributed by atoms with Crippen molar-refractivity contribution in [3.8, 4) is 0 Å². The van der Waals surface area contributed by atoms with Gasteiger partial charge in [-0.05, 0) is 18.1 Å². The Kier molecular flexibility index (Phi) is 3.30. The summed E-state index contributed by atoms with van der Waals surface area (Å²) in [7, 11) is -3.20. The summed E-state index contributed by atoms with van der Waals surface area (Å²) < 4.78 is 24.5. The van der Waals surface area contributed by atoms with Gasteiger partial charge in [0.15, 0.2) is 0 Å². The molecule has 0 aliphatic carbocycles. The Morgan fingerprint density at radius 2 is 2.07 bits per heavy atom. The molecule has 0 spiro atoms. The third-order valence-corrected chi connectivity index (χ3v) is 2.27. The Balaban J connectivity index is 3.01. The molecule has 0 amide bonds. The first kappa shape index (κ1) is 10.8. The van der Waals surface area contributed by atoms with Gasteiger partial charge < -0.3 is 0 Å². The highest BCUT2D eigenvalue weighted by atomic mass is 32.2. The minimum absolute atomic E-state index is 0.620. The maximum absolute atomic E-state index is 11.0. The molecule has 0 saturated carbocycles. The van der Waals surface area contributed by atoms with E-state index in [4.69, 9.17) is 0 Å². The average Bonchev–Trinajstić information content (AvgIpc) is 2.06. The topological polar surface area (TPSA) is 46.2 Å². The van der Waals surface area contributed by atoms with Crippen LogP contribution < -0.4 is 4.72 Å². The lowest BCUT2D eigenvalue weighted by atomic mass is 10.1. The summed E-state index contributed by atoms with van der Waals surface area (Å²) in [4.78, 5) is 0. The molecule has 76 valence electrons. The van der Waals surface area contributed by atoms with E-state index in [-0.39, 0.29) is 0 Å². The van der Waals surface area contributed by atoms with E-state index in [2.05, 4.69) is 11.3 Å². The van der Waals surface area contributed by atoms with Gasteiger partial charge in [-0.15, -0.1) is 6.58 Å². The van der Waals surface area contributed by atoms with Gasteiger partial charge in [0.05, 0.1) is 11.9 Å². The Morgan fingerprint density at radius 1 is 1.43 bits per heavy atom. The minimum Gasteiger partial charge on any atom is -0.283 e. The highest BCUT2D eigenvalue weighted by molar-refractivity contribution is 7.92. The Bertz CT molecular complexity index is 424. The molecule has 0 fully saturated rings. The highest BCUT2D eigenvalue weighted by Crippen LogP contribution is 2.16. The molecule has 0 aromatic heterocycles. The summed E-state index contributed by atoms with van der Waals surface area (Å²) in [5, 5.41) is 0. The first-order chi connectivity index (χ1) is 6.53. The van der Waals surface area contributed by atoms with Crippen LogP contribution in [0.4, 0.5) is 5.69 Å². The molecule has 1 rings (SSSR count). The Labute approximate surface area is 84.5 Å². The zero-order valence-corrected chi connectivity index (χ0v) is 8.84. The van der Waals surface area contributed by atoms with Crippen LogP contribution in [-0.4, -0.2) is 14.7 Å². The molecule has 0 bridgehead atoms. The lowest BCUT2D eigenvalue weighted by Crippen LogP contribution is -2.11. The number of hydrogen-bond acceptors (Lipinski definition) is 2. The average molecular weight is 211 g/mol. The van der Waals surface area contributed by atoms with Crippen LogP contribution in [0.25, 0.3) is 0 Å². The summed E-state index contributed by atoms with van der Waals surface area (Å²) in [5.74, 6) is 0. The fourth-order valence-corrected chi connectivity index (χ4v) is 1.75. The quantitative estimate of drug-likeness (QED) is 0.772. The van der Waals surface area contributed by atoms with Gasteiger partial charge >= 0.3 is 0 Å². The van der Waals surface area contributed by atoms with Crippen LogP contribution in [0.5, 0.6) is 0 Å². The molecular weight excluding hydrogens is 198 g/mol. The van der Waals surface area contributed by atoms with Crippen molar-refractivity contribution in [2.24, 2.45) is 0 Å². The molecule has 0 radical (unpaired) electrons. The second kappa shape index (κ2) is 4.28. The molecule has 0 aliphatic rings. The maximum atomic E-state index is 11.0. The van der Waals surface area contributed by atoms with Crippen molar-refractivity contribution in [3.63, 3.8) is 0 Å². The molecule has 14 heavy (non-hydrogen) atoms. The zero-order valence-electron chi connectivity index (χ0n) is 8.03. The second-order valence-corrected chi connectivity index (χ2v) is 4.77. The van der Waals surface area contributed by atoms with Crippen LogP contribution in [0.15, 0.2) is 36.9 Å². The summed E-state index contributed by atoms with van der Waals surface area (Å²) in [6.45, 7) is 3.62. The monoisotopic (exact) mass is 211 g/mol. The van der Waals surface area contributed by atoms with E-state index in [1.165, 1.54) is 0 Å². The van der Waals surface area contributed by atoms with Gasteiger partial charge in [-0.25, -0.2) is 8.42 Å². The molecular formula is C10H13NO2S. The van der Waals surface area contributed by atoms with E-state index in [1.54, 1.807) is 18.2 Å². The van der Waals surface area contributed by atoms with E-state index in [1.807, 2.05) is 12.1 Å². The lowest BCUT2D eigenvalue weighted by Gasteiger charge is -2.08. The smallest absolute Gasteiger partial charge is 0.229 e. The Morgan fingerprint density at radius 3 is 2.64 bits per heavy atom. The van der Waals surface area contributed by atoms with E-state index in [0.717, 1.165) is 11.8 Å². The minimum atomic E-state index is -3.20. The fourth-order valence-electron chi connectivity index (χ4n) is 1.15. The molecule has 4 heteroatoms. The number of sulfonamides is 1. The first-order valence-corrected chi connectivity index (χ1v) is 6.08. The third-order valence-electron chi connectivity index (χ3n) is 1.68. The molecule has 0 atom stereocenters. The molecule has 0 heterocycles. The number of rotatable bonds is 4. The third kappa shape index (κ3) is 3.22. The molecule has 3 nitrogen and oxygen atoms in total. The second-order valence-electron chi connectivity index (χ2n) is 3.02. The predicted octanol–water partition coefficient (Wildman–Crippen LogP) is 1.79. The lowest BCUT2D eigenvalue weighted by molar-refractivity contribution is 0.606. The van der Waals surface area contributed by atoms with Crippen molar-refractivity contribution >= 4 is 15.7 Å². The van der Waals surface area contributed by atoms with E-state index in [0.29, 0.717) is 12.1 Å². The van der Waals surface area contributed by atoms with Gasteiger partial charge in [0.1, 0.15) is 0 Å². The largest absolute Gasteiger partial charge is 0.283 e. The summed E-state index contributed by atoms with van der Waals surface area (Å²) in [6.07, 6.45) is 3.53. The van der Waals surface area contributed by atoms with Crippen molar-refractivity contribution in [2.45, 2.75) is 6.42 Å². The standard InChI is InChI=1S/C10H13NO2S/c1-3-6-9-7-4-5-8-10(9)11-14(2,12)13/h3-5,7-8,11H,1,6H2,2H3.